The molecule has 0 aromatic carbocycles. The van der Waals surface area contributed by atoms with E-state index in [-0.39, 0.29) is 0 Å². The molecular weight excluding hydrogens is 174 g/mol. The summed E-state index contributed by atoms with van der Waals surface area (Å²) in [4.78, 5) is 4.35. The Bertz CT molecular complexity index is 255. The quantitative estimate of drug-likeness (QED) is 0.750. The molecule has 0 radical (unpaired) electrons. The molecule has 0 aliphatic heterocycles. The monoisotopic (exact) mass is 195 g/mol. The highest BCUT2D eigenvalue weighted by atomic mass is 15.0. The van der Waals surface area contributed by atoms with Crippen molar-refractivity contribution in [1.29, 1.82) is 0 Å². The molecule has 1 heterocycles. The van der Waals surface area contributed by atoms with E-state index in [2.05, 4.69) is 34.9 Å². The number of aryl methyl sites for hydroxylation is 2. The van der Waals surface area contributed by atoms with Gasteiger partial charge in [-0.2, -0.15) is 0 Å². The molecule has 3 heteroatoms. The van der Waals surface area contributed by atoms with Crippen molar-refractivity contribution in [3.05, 3.63) is 18.2 Å². The van der Waals surface area contributed by atoms with E-state index in [9.17, 15) is 0 Å². The predicted octanol–water partition coefficient (Wildman–Crippen LogP) is 1.83. The summed E-state index contributed by atoms with van der Waals surface area (Å²) in [6.07, 6.45) is 7.45. The van der Waals surface area contributed by atoms with Gasteiger partial charge in [0.2, 0.25) is 0 Å². The van der Waals surface area contributed by atoms with Crippen molar-refractivity contribution in [2.75, 3.05) is 7.05 Å². The van der Waals surface area contributed by atoms with Gasteiger partial charge in [-0.15, -0.1) is 0 Å². The van der Waals surface area contributed by atoms with E-state index in [1.165, 1.54) is 18.7 Å². The molecular formula is C11H21N3. The number of nitrogens with zero attached hydrogens (tertiary/aromatic N) is 2. The van der Waals surface area contributed by atoms with Gasteiger partial charge in [0.15, 0.2) is 0 Å². The van der Waals surface area contributed by atoms with Crippen LogP contribution in [-0.4, -0.2) is 22.6 Å². The van der Waals surface area contributed by atoms with Gasteiger partial charge in [-0.25, -0.2) is 4.98 Å². The second-order valence-corrected chi connectivity index (χ2v) is 3.71. The highest BCUT2D eigenvalue weighted by molar-refractivity contribution is 4.92. The summed E-state index contributed by atoms with van der Waals surface area (Å²) in [7, 11) is 2.01. The van der Waals surface area contributed by atoms with Crippen LogP contribution < -0.4 is 5.32 Å². The van der Waals surface area contributed by atoms with Crippen LogP contribution in [0.15, 0.2) is 12.4 Å². The van der Waals surface area contributed by atoms with Crippen LogP contribution in [0, 0.1) is 0 Å². The lowest BCUT2D eigenvalue weighted by Crippen LogP contribution is -2.21. The number of hydrogen-bond donors (Lipinski definition) is 1. The molecule has 0 aliphatic rings. The van der Waals surface area contributed by atoms with E-state index >= 15 is 0 Å². The Morgan fingerprint density at radius 2 is 2.36 bits per heavy atom. The zero-order valence-electron chi connectivity index (χ0n) is 9.45. The van der Waals surface area contributed by atoms with E-state index in [0.717, 1.165) is 13.0 Å². The number of rotatable bonds is 6. The molecule has 0 saturated carbocycles. The van der Waals surface area contributed by atoms with Crippen molar-refractivity contribution in [3.63, 3.8) is 0 Å². The molecule has 0 amide bonds. The van der Waals surface area contributed by atoms with Crippen LogP contribution in [0.3, 0.4) is 0 Å². The zero-order valence-corrected chi connectivity index (χ0v) is 9.45. The lowest BCUT2D eigenvalue weighted by atomic mass is 10.1. The molecule has 1 unspecified atom stereocenters. The molecule has 1 aromatic heterocycles. The minimum Gasteiger partial charge on any atom is -0.335 e. The van der Waals surface area contributed by atoms with Gasteiger partial charge in [-0.05, 0) is 33.7 Å². The number of aromatic nitrogens is 2. The van der Waals surface area contributed by atoms with Gasteiger partial charge in [0.25, 0.3) is 0 Å². The van der Waals surface area contributed by atoms with Gasteiger partial charge in [0, 0.05) is 31.4 Å². The molecule has 0 aliphatic carbocycles. The highest BCUT2D eigenvalue weighted by Crippen LogP contribution is 2.05. The van der Waals surface area contributed by atoms with E-state index in [1.54, 1.807) is 0 Å². The molecule has 14 heavy (non-hydrogen) atoms. The van der Waals surface area contributed by atoms with E-state index in [0.29, 0.717) is 6.04 Å². The van der Waals surface area contributed by atoms with Gasteiger partial charge in [-0.3, -0.25) is 0 Å². The minimum atomic E-state index is 0.611. The zero-order chi connectivity index (χ0) is 10.4. The second kappa shape index (κ2) is 5.81. The first-order valence-electron chi connectivity index (χ1n) is 5.45. The van der Waals surface area contributed by atoms with Gasteiger partial charge in [0.05, 0.1) is 0 Å². The second-order valence-electron chi connectivity index (χ2n) is 3.71. The fourth-order valence-electron chi connectivity index (χ4n) is 1.57. The molecule has 1 N–H and O–H groups in total. The average Bonchev–Trinajstić information content (AvgIpc) is 2.65. The Hall–Kier alpha value is -0.830. The molecule has 0 bridgehead atoms. The Morgan fingerprint density at radius 3 is 3.00 bits per heavy atom. The summed E-state index contributed by atoms with van der Waals surface area (Å²) < 4.78 is 2.21. The average molecular weight is 195 g/mol. The Labute approximate surface area is 86.5 Å². The van der Waals surface area contributed by atoms with Crippen molar-refractivity contribution in [1.82, 2.24) is 14.9 Å². The Balaban J connectivity index is 2.31. The normalized spacial score (nSPS) is 13.1. The van der Waals surface area contributed by atoms with Crippen LogP contribution in [0.25, 0.3) is 0 Å². The largest absolute Gasteiger partial charge is 0.335 e. The van der Waals surface area contributed by atoms with Crippen LogP contribution in [0.5, 0.6) is 0 Å². The van der Waals surface area contributed by atoms with Crippen molar-refractivity contribution >= 4 is 0 Å². The van der Waals surface area contributed by atoms with Crippen LogP contribution in [-0.2, 0) is 13.0 Å². The van der Waals surface area contributed by atoms with Crippen molar-refractivity contribution < 1.29 is 0 Å². The molecule has 1 rings (SSSR count). The standard InChI is InChI=1S/C11H21N3/c1-4-14-9-8-13-11(14)7-5-6-10(2)12-3/h8-10,12H,4-7H2,1-3H3. The molecule has 0 spiro atoms. The molecule has 1 aromatic rings. The SMILES string of the molecule is CCn1ccnc1CCCC(C)NC. The van der Waals surface area contributed by atoms with Gasteiger partial charge in [0.1, 0.15) is 5.82 Å². The minimum absolute atomic E-state index is 0.611. The maximum atomic E-state index is 4.35. The highest BCUT2D eigenvalue weighted by Gasteiger charge is 2.02. The number of imidazole rings is 1. The Morgan fingerprint density at radius 1 is 1.57 bits per heavy atom. The van der Waals surface area contributed by atoms with E-state index in [1.807, 2.05) is 13.2 Å². The van der Waals surface area contributed by atoms with E-state index < -0.39 is 0 Å². The third-order valence-electron chi connectivity index (χ3n) is 2.67. The lowest BCUT2D eigenvalue weighted by Gasteiger charge is -2.09. The van der Waals surface area contributed by atoms with Gasteiger partial charge < -0.3 is 9.88 Å². The molecule has 0 fully saturated rings. The summed E-state index contributed by atoms with van der Waals surface area (Å²) in [5.74, 6) is 1.22. The van der Waals surface area contributed by atoms with Crippen LogP contribution in [0.4, 0.5) is 0 Å². The predicted molar refractivity (Wildman–Crippen MR) is 59.4 cm³/mol. The summed E-state index contributed by atoms with van der Waals surface area (Å²) in [5.41, 5.74) is 0. The summed E-state index contributed by atoms with van der Waals surface area (Å²) in [6, 6.07) is 0.611. The summed E-state index contributed by atoms with van der Waals surface area (Å²) in [6.45, 7) is 5.39. The molecule has 1 atom stereocenters. The molecule has 80 valence electrons. The first-order valence-corrected chi connectivity index (χ1v) is 5.45. The van der Waals surface area contributed by atoms with E-state index in [4.69, 9.17) is 0 Å². The maximum absolute atomic E-state index is 4.35. The third-order valence-corrected chi connectivity index (χ3v) is 2.67. The Kier molecular flexibility index (Phi) is 4.66. The summed E-state index contributed by atoms with van der Waals surface area (Å²) >= 11 is 0. The van der Waals surface area contributed by atoms with Crippen LogP contribution in [0.1, 0.15) is 32.5 Å². The van der Waals surface area contributed by atoms with Crippen molar-refractivity contribution in [2.45, 2.75) is 45.7 Å². The first kappa shape index (κ1) is 11.2. The number of nitrogens with one attached hydrogen (secondary N) is 1. The lowest BCUT2D eigenvalue weighted by molar-refractivity contribution is 0.531. The van der Waals surface area contributed by atoms with Gasteiger partial charge in [-0.1, -0.05) is 0 Å². The molecule has 3 nitrogen and oxygen atoms in total. The fourth-order valence-corrected chi connectivity index (χ4v) is 1.57. The summed E-state index contributed by atoms with van der Waals surface area (Å²) in [5, 5.41) is 3.25. The van der Waals surface area contributed by atoms with Crippen molar-refractivity contribution in [3.8, 4) is 0 Å². The smallest absolute Gasteiger partial charge is 0.108 e. The maximum Gasteiger partial charge on any atom is 0.108 e. The fraction of sp³-hybridized carbons (Fsp3) is 0.727. The first-order chi connectivity index (χ1) is 6.77. The molecule has 0 saturated heterocycles. The topological polar surface area (TPSA) is 29.9 Å². The van der Waals surface area contributed by atoms with Crippen molar-refractivity contribution in [2.24, 2.45) is 0 Å². The van der Waals surface area contributed by atoms with Crippen LogP contribution >= 0.6 is 0 Å². The van der Waals surface area contributed by atoms with Gasteiger partial charge >= 0.3 is 0 Å². The van der Waals surface area contributed by atoms with Crippen LogP contribution in [0.2, 0.25) is 0 Å². The third kappa shape index (κ3) is 3.14. The number of hydrogen-bond acceptors (Lipinski definition) is 2.